The lowest BCUT2D eigenvalue weighted by Gasteiger charge is -2.10. The van der Waals surface area contributed by atoms with E-state index in [9.17, 15) is 13.6 Å². The monoisotopic (exact) mass is 274 g/mol. The van der Waals surface area contributed by atoms with Gasteiger partial charge in [0, 0.05) is 0 Å². The zero-order valence-electron chi connectivity index (χ0n) is 9.36. The zero-order chi connectivity index (χ0) is 13.5. The molecule has 0 heterocycles. The minimum atomic E-state index is -2.59. The van der Waals surface area contributed by atoms with Gasteiger partial charge in [0.15, 0.2) is 6.61 Å². The summed E-state index contributed by atoms with van der Waals surface area (Å²) in [6, 6.07) is 6.65. The van der Waals surface area contributed by atoms with Crippen molar-refractivity contribution in [3.05, 3.63) is 29.8 Å². The van der Waals surface area contributed by atoms with Gasteiger partial charge in [-0.15, -0.1) is 0 Å². The number of ether oxygens (including phenoxy) is 1. The van der Waals surface area contributed by atoms with Crippen LogP contribution in [0.2, 0.25) is 0 Å². The van der Waals surface area contributed by atoms with Crippen molar-refractivity contribution in [2.45, 2.75) is 6.43 Å². The molecule has 4 nitrogen and oxygen atoms in total. The molecular weight excluding hydrogens is 262 g/mol. The molecule has 0 radical (unpaired) electrons. The van der Waals surface area contributed by atoms with Crippen molar-refractivity contribution >= 4 is 23.1 Å². The highest BCUT2D eigenvalue weighted by atomic mass is 32.1. The molecule has 1 amide bonds. The van der Waals surface area contributed by atoms with Gasteiger partial charge in [0.05, 0.1) is 12.1 Å². The van der Waals surface area contributed by atoms with Crippen LogP contribution in [-0.4, -0.2) is 30.5 Å². The fourth-order valence-corrected chi connectivity index (χ4v) is 1.35. The van der Waals surface area contributed by atoms with Crippen molar-refractivity contribution in [1.82, 2.24) is 5.32 Å². The molecular formula is C11H12F2N2O2S. The molecule has 0 saturated carbocycles. The number of para-hydroxylation sites is 1. The summed E-state index contributed by atoms with van der Waals surface area (Å²) < 4.78 is 28.8. The summed E-state index contributed by atoms with van der Waals surface area (Å²) in [6.45, 7) is -1.06. The molecule has 0 atom stereocenters. The molecule has 0 aromatic heterocycles. The lowest BCUT2D eigenvalue weighted by Crippen LogP contribution is -2.32. The quantitative estimate of drug-likeness (QED) is 0.762. The van der Waals surface area contributed by atoms with Gasteiger partial charge >= 0.3 is 0 Å². The molecule has 7 heteroatoms. The van der Waals surface area contributed by atoms with Gasteiger partial charge in [-0.3, -0.25) is 4.79 Å². The topological polar surface area (TPSA) is 64.3 Å². The SMILES string of the molecule is NC(=S)c1ccccc1OCC(=O)NCC(F)F. The third-order valence-corrected chi connectivity index (χ3v) is 2.18. The Morgan fingerprint density at radius 2 is 2.11 bits per heavy atom. The summed E-state index contributed by atoms with van der Waals surface area (Å²) in [4.78, 5) is 11.3. The third kappa shape index (κ3) is 4.62. The number of alkyl halides is 2. The molecule has 3 N–H and O–H groups in total. The molecule has 0 aliphatic heterocycles. The molecule has 0 fully saturated rings. The Hall–Kier alpha value is -1.76. The van der Waals surface area contributed by atoms with Gasteiger partial charge in [-0.1, -0.05) is 24.4 Å². The highest BCUT2D eigenvalue weighted by Crippen LogP contribution is 2.17. The normalized spacial score (nSPS) is 10.2. The van der Waals surface area contributed by atoms with E-state index in [2.05, 4.69) is 0 Å². The number of thiocarbonyl (C=S) groups is 1. The Morgan fingerprint density at radius 3 is 2.72 bits per heavy atom. The van der Waals surface area contributed by atoms with Crippen LogP contribution in [0.4, 0.5) is 8.78 Å². The Morgan fingerprint density at radius 1 is 1.44 bits per heavy atom. The summed E-state index contributed by atoms with van der Waals surface area (Å²) in [5, 5.41) is 2.02. The van der Waals surface area contributed by atoms with Gasteiger partial charge in [-0.25, -0.2) is 8.78 Å². The number of nitrogens with two attached hydrogens (primary N) is 1. The Labute approximate surface area is 108 Å². The van der Waals surface area contributed by atoms with Crippen LogP contribution in [0.25, 0.3) is 0 Å². The van der Waals surface area contributed by atoms with Gasteiger partial charge in [0.2, 0.25) is 0 Å². The van der Waals surface area contributed by atoms with E-state index in [0.717, 1.165) is 0 Å². The predicted octanol–water partition coefficient (Wildman–Crippen LogP) is 1.08. The van der Waals surface area contributed by atoms with Gasteiger partial charge in [-0.2, -0.15) is 0 Å². The average Bonchev–Trinajstić information content (AvgIpc) is 2.34. The van der Waals surface area contributed by atoms with Crippen molar-refractivity contribution in [3.63, 3.8) is 0 Å². The van der Waals surface area contributed by atoms with E-state index in [1.165, 1.54) is 0 Å². The second kappa shape index (κ2) is 6.85. The molecule has 0 saturated heterocycles. The van der Waals surface area contributed by atoms with Crippen LogP contribution in [0.3, 0.4) is 0 Å². The number of halogens is 2. The van der Waals surface area contributed by atoms with Crippen LogP contribution >= 0.6 is 12.2 Å². The average molecular weight is 274 g/mol. The number of hydrogen-bond acceptors (Lipinski definition) is 3. The fraction of sp³-hybridized carbons (Fsp3) is 0.273. The van der Waals surface area contributed by atoms with Crippen LogP contribution < -0.4 is 15.8 Å². The van der Waals surface area contributed by atoms with Gasteiger partial charge < -0.3 is 15.8 Å². The van der Waals surface area contributed by atoms with Crippen molar-refractivity contribution in [1.29, 1.82) is 0 Å². The summed E-state index contributed by atoms with van der Waals surface area (Å²) in [7, 11) is 0. The number of carbonyl (C=O) groups is 1. The van der Waals surface area contributed by atoms with Crippen molar-refractivity contribution in [3.8, 4) is 5.75 Å². The standard InChI is InChI=1S/C11H12F2N2O2S/c12-9(13)5-15-10(16)6-17-8-4-2-1-3-7(8)11(14)18/h1-4,9H,5-6H2,(H2,14,18)(H,15,16). The minimum absolute atomic E-state index is 0.138. The highest BCUT2D eigenvalue weighted by molar-refractivity contribution is 7.80. The maximum atomic E-state index is 11.8. The molecule has 0 spiro atoms. The van der Waals surface area contributed by atoms with E-state index in [1.807, 2.05) is 5.32 Å². The molecule has 0 aliphatic carbocycles. The first-order chi connectivity index (χ1) is 8.50. The molecule has 1 rings (SSSR count). The van der Waals surface area contributed by atoms with E-state index in [4.69, 9.17) is 22.7 Å². The summed E-state index contributed by atoms with van der Waals surface area (Å²) in [6.07, 6.45) is -2.59. The van der Waals surface area contributed by atoms with Crippen LogP contribution in [0, 0.1) is 0 Å². The first-order valence-electron chi connectivity index (χ1n) is 5.07. The van der Waals surface area contributed by atoms with E-state index in [0.29, 0.717) is 11.3 Å². The number of rotatable bonds is 6. The number of benzene rings is 1. The summed E-state index contributed by atoms with van der Waals surface area (Å²) in [5.74, 6) is -0.287. The second-order valence-corrected chi connectivity index (χ2v) is 3.78. The Bertz CT molecular complexity index is 441. The van der Waals surface area contributed by atoms with E-state index >= 15 is 0 Å². The number of carbonyl (C=O) groups excluding carboxylic acids is 1. The van der Waals surface area contributed by atoms with Gasteiger partial charge in [-0.05, 0) is 12.1 Å². The summed E-state index contributed by atoms with van der Waals surface area (Å²) >= 11 is 4.81. The number of hydrogen-bond donors (Lipinski definition) is 2. The maximum absolute atomic E-state index is 11.8. The summed E-state index contributed by atoms with van der Waals surface area (Å²) in [5.41, 5.74) is 5.97. The lowest BCUT2D eigenvalue weighted by molar-refractivity contribution is -0.123. The van der Waals surface area contributed by atoms with E-state index < -0.39 is 18.9 Å². The molecule has 18 heavy (non-hydrogen) atoms. The lowest BCUT2D eigenvalue weighted by atomic mass is 10.2. The van der Waals surface area contributed by atoms with Crippen molar-refractivity contribution in [2.75, 3.05) is 13.2 Å². The number of nitrogens with one attached hydrogen (secondary N) is 1. The molecule has 98 valence electrons. The van der Waals surface area contributed by atoms with Crippen molar-refractivity contribution < 1.29 is 18.3 Å². The molecule has 0 bridgehead atoms. The highest BCUT2D eigenvalue weighted by Gasteiger charge is 2.09. The van der Waals surface area contributed by atoms with Crippen LogP contribution in [-0.2, 0) is 4.79 Å². The minimum Gasteiger partial charge on any atom is -0.483 e. The van der Waals surface area contributed by atoms with Gasteiger partial charge in [0.1, 0.15) is 10.7 Å². The van der Waals surface area contributed by atoms with Crippen LogP contribution in [0.15, 0.2) is 24.3 Å². The van der Waals surface area contributed by atoms with Crippen LogP contribution in [0.5, 0.6) is 5.75 Å². The molecule has 1 aromatic rings. The molecule has 0 unspecified atom stereocenters. The fourth-order valence-electron chi connectivity index (χ4n) is 1.18. The second-order valence-electron chi connectivity index (χ2n) is 3.34. The maximum Gasteiger partial charge on any atom is 0.258 e. The third-order valence-electron chi connectivity index (χ3n) is 1.96. The smallest absolute Gasteiger partial charge is 0.258 e. The molecule has 1 aromatic carbocycles. The number of amides is 1. The van der Waals surface area contributed by atoms with Crippen LogP contribution in [0.1, 0.15) is 5.56 Å². The molecule has 0 aliphatic rings. The van der Waals surface area contributed by atoms with E-state index in [1.54, 1.807) is 24.3 Å². The zero-order valence-corrected chi connectivity index (χ0v) is 10.2. The Kier molecular flexibility index (Phi) is 5.44. The first-order valence-corrected chi connectivity index (χ1v) is 5.48. The van der Waals surface area contributed by atoms with Gasteiger partial charge in [0.25, 0.3) is 12.3 Å². The Balaban J connectivity index is 2.53. The predicted molar refractivity (Wildman–Crippen MR) is 66.8 cm³/mol. The largest absolute Gasteiger partial charge is 0.483 e. The first kappa shape index (κ1) is 14.3. The van der Waals surface area contributed by atoms with E-state index in [-0.39, 0.29) is 11.6 Å². The van der Waals surface area contributed by atoms with Crippen molar-refractivity contribution in [2.24, 2.45) is 5.73 Å².